The van der Waals surface area contributed by atoms with Gasteiger partial charge in [0.05, 0.1) is 18.8 Å². The Morgan fingerprint density at radius 1 is 0.923 bits per heavy atom. The maximum Gasteiger partial charge on any atom is 0.276 e. The molecule has 2 aromatic rings. The molecule has 0 bridgehead atoms. The minimum Gasteiger partial charge on any atom is -0.493 e. The van der Waals surface area contributed by atoms with Crippen molar-refractivity contribution in [3.8, 4) is 17.2 Å². The number of nitrogens with one attached hydrogen (secondary N) is 2. The van der Waals surface area contributed by atoms with Gasteiger partial charge in [0.15, 0.2) is 18.1 Å². The Hall–Kier alpha value is -3.22. The van der Waals surface area contributed by atoms with Gasteiger partial charge in [0.1, 0.15) is 5.75 Å². The Kier molecular flexibility index (Phi) is 6.84. The van der Waals surface area contributed by atoms with E-state index in [4.69, 9.17) is 14.2 Å². The van der Waals surface area contributed by atoms with Crippen LogP contribution in [0, 0.1) is 0 Å². The fourth-order valence-electron chi connectivity index (χ4n) is 2.12. The number of hydrogen-bond donors (Lipinski definition) is 2. The lowest BCUT2D eigenvalue weighted by molar-refractivity contribution is -0.123. The lowest BCUT2D eigenvalue weighted by atomic mass is 10.2. The summed E-state index contributed by atoms with van der Waals surface area (Å²) in [6.07, 6.45) is -0.0761. The molecule has 26 heavy (non-hydrogen) atoms. The van der Waals surface area contributed by atoms with E-state index in [0.717, 1.165) is 0 Å². The van der Waals surface area contributed by atoms with Gasteiger partial charge in [0.25, 0.3) is 11.8 Å². The number of rotatable bonds is 7. The zero-order valence-electron chi connectivity index (χ0n) is 14.9. The molecule has 0 aliphatic heterocycles. The second-order valence-electron chi connectivity index (χ2n) is 5.60. The van der Waals surface area contributed by atoms with Crippen LogP contribution in [0.5, 0.6) is 17.2 Å². The van der Waals surface area contributed by atoms with Crippen LogP contribution >= 0.6 is 0 Å². The van der Waals surface area contributed by atoms with Crippen molar-refractivity contribution >= 4 is 11.8 Å². The van der Waals surface area contributed by atoms with Crippen molar-refractivity contribution in [2.24, 2.45) is 0 Å². The normalized spacial score (nSPS) is 10.2. The average Bonchev–Trinajstić information content (AvgIpc) is 2.64. The second-order valence-corrected chi connectivity index (χ2v) is 5.60. The molecule has 0 aliphatic carbocycles. The van der Waals surface area contributed by atoms with Gasteiger partial charge in [-0.25, -0.2) is 0 Å². The molecular weight excluding hydrogens is 336 g/mol. The Morgan fingerprint density at radius 3 is 2.19 bits per heavy atom. The fourth-order valence-corrected chi connectivity index (χ4v) is 2.12. The van der Waals surface area contributed by atoms with Gasteiger partial charge in [0, 0.05) is 0 Å². The highest BCUT2D eigenvalue weighted by atomic mass is 16.5. The first-order chi connectivity index (χ1) is 12.5. The molecule has 2 rings (SSSR count). The SMILES string of the molecule is COc1ccccc1OCC(=O)NNC(=O)c1ccccc1OC(C)C. The molecule has 0 heterocycles. The smallest absolute Gasteiger partial charge is 0.276 e. The number of hydrazine groups is 1. The molecule has 2 aromatic carbocycles. The lowest BCUT2D eigenvalue weighted by Gasteiger charge is -2.14. The summed E-state index contributed by atoms with van der Waals surface area (Å²) >= 11 is 0. The van der Waals surface area contributed by atoms with Crippen LogP contribution in [0.25, 0.3) is 0 Å². The van der Waals surface area contributed by atoms with E-state index in [-0.39, 0.29) is 12.7 Å². The number of hydrogen-bond acceptors (Lipinski definition) is 5. The third-order valence-electron chi connectivity index (χ3n) is 3.24. The first-order valence-electron chi connectivity index (χ1n) is 8.12. The summed E-state index contributed by atoms with van der Waals surface area (Å²) in [5.74, 6) is 0.411. The van der Waals surface area contributed by atoms with E-state index in [1.165, 1.54) is 7.11 Å². The third kappa shape index (κ3) is 5.41. The number of carbonyl (C=O) groups excluding carboxylic acids is 2. The topological polar surface area (TPSA) is 85.9 Å². The van der Waals surface area contributed by atoms with Crippen LogP contribution in [0.1, 0.15) is 24.2 Å². The van der Waals surface area contributed by atoms with Gasteiger partial charge in [-0.3, -0.25) is 20.4 Å². The molecule has 0 aliphatic rings. The van der Waals surface area contributed by atoms with Crippen LogP contribution in [0.2, 0.25) is 0 Å². The van der Waals surface area contributed by atoms with E-state index in [9.17, 15) is 9.59 Å². The van der Waals surface area contributed by atoms with Gasteiger partial charge < -0.3 is 14.2 Å². The number of methoxy groups -OCH3 is 1. The van der Waals surface area contributed by atoms with Crippen LogP contribution in [0.3, 0.4) is 0 Å². The predicted molar refractivity (Wildman–Crippen MR) is 96.3 cm³/mol. The van der Waals surface area contributed by atoms with Crippen molar-refractivity contribution in [2.45, 2.75) is 20.0 Å². The average molecular weight is 358 g/mol. The zero-order chi connectivity index (χ0) is 18.9. The number of ether oxygens (including phenoxy) is 3. The monoisotopic (exact) mass is 358 g/mol. The molecule has 0 spiro atoms. The standard InChI is InChI=1S/C19H22N2O5/c1-13(2)26-15-9-5-4-8-14(15)19(23)21-20-18(22)12-25-17-11-7-6-10-16(17)24-3/h4-11,13H,12H2,1-3H3,(H,20,22)(H,21,23). The summed E-state index contributed by atoms with van der Waals surface area (Å²) in [6, 6.07) is 13.8. The van der Waals surface area contributed by atoms with E-state index >= 15 is 0 Å². The summed E-state index contributed by atoms with van der Waals surface area (Å²) < 4.78 is 16.1. The van der Waals surface area contributed by atoms with Gasteiger partial charge >= 0.3 is 0 Å². The van der Waals surface area contributed by atoms with Gasteiger partial charge in [0.2, 0.25) is 0 Å². The van der Waals surface area contributed by atoms with Crippen molar-refractivity contribution in [3.63, 3.8) is 0 Å². The summed E-state index contributed by atoms with van der Waals surface area (Å²) in [7, 11) is 1.51. The molecule has 0 radical (unpaired) electrons. The second kappa shape index (κ2) is 9.31. The molecular formula is C19H22N2O5. The largest absolute Gasteiger partial charge is 0.493 e. The van der Waals surface area contributed by atoms with E-state index in [0.29, 0.717) is 22.8 Å². The van der Waals surface area contributed by atoms with Gasteiger partial charge in [-0.2, -0.15) is 0 Å². The molecule has 7 heteroatoms. The summed E-state index contributed by atoms with van der Waals surface area (Å²) in [5.41, 5.74) is 4.98. The molecule has 0 fully saturated rings. The van der Waals surface area contributed by atoms with Gasteiger partial charge in [-0.05, 0) is 38.1 Å². The number of amides is 2. The number of benzene rings is 2. The number of para-hydroxylation sites is 3. The van der Waals surface area contributed by atoms with E-state index in [1.807, 2.05) is 13.8 Å². The Morgan fingerprint density at radius 2 is 1.54 bits per heavy atom. The summed E-state index contributed by atoms with van der Waals surface area (Å²) in [4.78, 5) is 24.2. The first-order valence-corrected chi connectivity index (χ1v) is 8.12. The lowest BCUT2D eigenvalue weighted by Crippen LogP contribution is -2.44. The highest BCUT2D eigenvalue weighted by Crippen LogP contribution is 2.25. The molecule has 0 saturated carbocycles. The van der Waals surface area contributed by atoms with Crippen molar-refractivity contribution in [3.05, 3.63) is 54.1 Å². The number of carbonyl (C=O) groups is 2. The highest BCUT2D eigenvalue weighted by Gasteiger charge is 2.14. The summed E-state index contributed by atoms with van der Waals surface area (Å²) in [5, 5.41) is 0. The maximum absolute atomic E-state index is 12.3. The van der Waals surface area contributed by atoms with Crippen molar-refractivity contribution in [1.29, 1.82) is 0 Å². The Labute approximate surface area is 152 Å². The van der Waals surface area contributed by atoms with Crippen LogP contribution in [0.15, 0.2) is 48.5 Å². The predicted octanol–water partition coefficient (Wildman–Crippen LogP) is 2.32. The molecule has 7 nitrogen and oxygen atoms in total. The van der Waals surface area contributed by atoms with Crippen LogP contribution in [-0.4, -0.2) is 31.6 Å². The quantitative estimate of drug-likeness (QED) is 0.742. The molecule has 138 valence electrons. The Balaban J connectivity index is 1.88. The molecule has 0 unspecified atom stereocenters. The molecule has 0 atom stereocenters. The Bertz CT molecular complexity index is 761. The fraction of sp³-hybridized carbons (Fsp3) is 0.263. The van der Waals surface area contributed by atoms with E-state index in [1.54, 1.807) is 48.5 Å². The minimum absolute atomic E-state index is 0.0761. The zero-order valence-corrected chi connectivity index (χ0v) is 14.9. The maximum atomic E-state index is 12.3. The summed E-state index contributed by atoms with van der Waals surface area (Å²) in [6.45, 7) is 3.46. The molecule has 0 aromatic heterocycles. The molecule has 0 saturated heterocycles. The third-order valence-corrected chi connectivity index (χ3v) is 3.24. The van der Waals surface area contributed by atoms with Gasteiger partial charge in [-0.1, -0.05) is 24.3 Å². The first kappa shape index (κ1) is 19.1. The van der Waals surface area contributed by atoms with Crippen molar-refractivity contribution in [2.75, 3.05) is 13.7 Å². The molecule has 2 N–H and O–H groups in total. The minimum atomic E-state index is -0.508. The van der Waals surface area contributed by atoms with Crippen LogP contribution < -0.4 is 25.1 Å². The van der Waals surface area contributed by atoms with Crippen LogP contribution in [0.4, 0.5) is 0 Å². The van der Waals surface area contributed by atoms with Crippen LogP contribution in [-0.2, 0) is 4.79 Å². The van der Waals surface area contributed by atoms with E-state index in [2.05, 4.69) is 10.9 Å². The highest BCUT2D eigenvalue weighted by molar-refractivity contribution is 5.97. The van der Waals surface area contributed by atoms with E-state index < -0.39 is 11.8 Å². The van der Waals surface area contributed by atoms with Crippen molar-refractivity contribution < 1.29 is 23.8 Å². The molecule has 2 amide bonds. The van der Waals surface area contributed by atoms with Crippen molar-refractivity contribution in [1.82, 2.24) is 10.9 Å². The van der Waals surface area contributed by atoms with Gasteiger partial charge in [-0.15, -0.1) is 0 Å².